The average Bonchev–Trinajstić information content (AvgIpc) is 2.43. The Morgan fingerprint density at radius 2 is 1.84 bits per heavy atom. The maximum atomic E-state index is 11.6. The van der Waals surface area contributed by atoms with Gasteiger partial charge in [-0.05, 0) is 37.8 Å². The maximum absolute atomic E-state index is 11.6. The van der Waals surface area contributed by atoms with E-state index in [2.05, 4.69) is 65.7 Å². The fourth-order valence-electron chi connectivity index (χ4n) is 4.08. The molecule has 0 aliphatic carbocycles. The molecule has 1 heterocycles. The number of carboxylic acid groups (broad SMARTS) is 1. The first-order valence-corrected chi connectivity index (χ1v) is 12.4. The van der Waals surface area contributed by atoms with Gasteiger partial charge in [0, 0.05) is 11.5 Å². The first-order valence-electron chi connectivity index (χ1n) is 8.93. The molecule has 1 aromatic rings. The lowest BCUT2D eigenvalue weighted by Gasteiger charge is -2.50. The third kappa shape index (κ3) is 3.77. The number of benzene rings is 1. The Morgan fingerprint density at radius 1 is 1.24 bits per heavy atom. The fraction of sp³-hybridized carbons (Fsp3) is 0.571. The molecule has 0 saturated carbocycles. The molecule has 136 valence electrons. The summed E-state index contributed by atoms with van der Waals surface area (Å²) in [6.07, 6.45) is 0.965. The number of carboxylic acids is 1. The SMILES string of the molecule is CCC1C(C)(C)Oc2c(C#C[Si](C)(C)C)cc(C(=O)O)cc2C1(C)C. The predicted molar refractivity (Wildman–Crippen MR) is 105 cm³/mol. The number of aromatic carboxylic acids is 1. The molecular formula is C21H30O3Si. The van der Waals surface area contributed by atoms with Gasteiger partial charge in [0.25, 0.3) is 0 Å². The van der Waals surface area contributed by atoms with Crippen molar-refractivity contribution in [2.24, 2.45) is 5.92 Å². The Hall–Kier alpha value is -1.73. The molecule has 0 fully saturated rings. The van der Waals surface area contributed by atoms with Crippen molar-refractivity contribution in [3.63, 3.8) is 0 Å². The van der Waals surface area contributed by atoms with E-state index in [0.717, 1.165) is 17.7 Å². The zero-order chi connectivity index (χ0) is 19.2. The molecule has 3 nitrogen and oxygen atoms in total. The molecule has 0 radical (unpaired) electrons. The van der Waals surface area contributed by atoms with Crippen molar-refractivity contribution in [2.75, 3.05) is 0 Å². The lowest BCUT2D eigenvalue weighted by atomic mass is 9.63. The van der Waals surface area contributed by atoms with Crippen LogP contribution in [0.25, 0.3) is 0 Å². The van der Waals surface area contributed by atoms with Crippen molar-refractivity contribution in [3.05, 3.63) is 28.8 Å². The standard InChI is InChI=1S/C21H30O3Si/c1-9-17-20(2,3)16-13-15(19(22)23)12-14(10-11-25(6,7)8)18(16)24-21(17,4)5/h12-13,17H,9H2,1-8H3,(H,22,23). The number of ether oxygens (including phenoxy) is 1. The Labute approximate surface area is 152 Å². The molecule has 1 atom stereocenters. The van der Waals surface area contributed by atoms with Crippen LogP contribution in [0.1, 0.15) is 62.5 Å². The highest BCUT2D eigenvalue weighted by atomic mass is 28.3. The van der Waals surface area contributed by atoms with Crippen molar-refractivity contribution in [3.8, 4) is 17.2 Å². The van der Waals surface area contributed by atoms with E-state index in [9.17, 15) is 9.90 Å². The summed E-state index contributed by atoms with van der Waals surface area (Å²) in [5, 5.41) is 9.55. The lowest BCUT2D eigenvalue weighted by Crippen LogP contribution is -2.51. The van der Waals surface area contributed by atoms with Crippen molar-refractivity contribution in [1.82, 2.24) is 0 Å². The highest BCUT2D eigenvalue weighted by Gasteiger charge is 2.48. The lowest BCUT2D eigenvalue weighted by molar-refractivity contribution is -0.0162. The molecule has 1 aliphatic heterocycles. The first-order chi connectivity index (χ1) is 11.3. The minimum Gasteiger partial charge on any atom is -0.486 e. The van der Waals surface area contributed by atoms with Crippen LogP contribution in [-0.4, -0.2) is 24.8 Å². The first kappa shape index (κ1) is 19.6. The van der Waals surface area contributed by atoms with Crippen LogP contribution in [0.4, 0.5) is 0 Å². The van der Waals surface area contributed by atoms with E-state index in [0.29, 0.717) is 5.56 Å². The minimum absolute atomic E-state index is 0.188. The Morgan fingerprint density at radius 3 is 2.32 bits per heavy atom. The van der Waals surface area contributed by atoms with Gasteiger partial charge in [-0.15, -0.1) is 5.54 Å². The third-order valence-electron chi connectivity index (χ3n) is 5.09. The number of hydrogen-bond acceptors (Lipinski definition) is 2. The molecule has 0 bridgehead atoms. The molecule has 2 rings (SSSR count). The molecule has 0 saturated heterocycles. The number of rotatable bonds is 2. The van der Waals surface area contributed by atoms with Crippen molar-refractivity contribution >= 4 is 14.0 Å². The summed E-state index contributed by atoms with van der Waals surface area (Å²) in [6, 6.07) is 3.43. The largest absolute Gasteiger partial charge is 0.486 e. The summed E-state index contributed by atoms with van der Waals surface area (Å²) < 4.78 is 6.41. The summed E-state index contributed by atoms with van der Waals surface area (Å²) in [6.45, 7) is 17.3. The molecule has 0 aromatic heterocycles. The summed E-state index contributed by atoms with van der Waals surface area (Å²) >= 11 is 0. The topological polar surface area (TPSA) is 46.5 Å². The molecule has 25 heavy (non-hydrogen) atoms. The Kier molecular flexibility index (Phi) is 4.87. The smallest absolute Gasteiger partial charge is 0.335 e. The van der Waals surface area contributed by atoms with E-state index in [4.69, 9.17) is 4.74 Å². The van der Waals surface area contributed by atoms with Gasteiger partial charge in [0.15, 0.2) is 0 Å². The van der Waals surface area contributed by atoms with Gasteiger partial charge in [0.1, 0.15) is 19.4 Å². The van der Waals surface area contributed by atoms with E-state index in [1.165, 1.54) is 0 Å². The van der Waals surface area contributed by atoms with Crippen LogP contribution in [0.5, 0.6) is 5.75 Å². The molecule has 1 aromatic carbocycles. The summed E-state index contributed by atoms with van der Waals surface area (Å²) in [7, 11) is -1.59. The highest BCUT2D eigenvalue weighted by molar-refractivity contribution is 6.83. The second-order valence-corrected chi connectivity index (χ2v) is 13.8. The van der Waals surface area contributed by atoms with Crippen LogP contribution in [0.15, 0.2) is 12.1 Å². The van der Waals surface area contributed by atoms with Crippen molar-refractivity contribution in [2.45, 2.75) is 71.7 Å². The number of carbonyl (C=O) groups is 1. The zero-order valence-corrected chi connectivity index (χ0v) is 17.7. The fourth-order valence-corrected chi connectivity index (χ4v) is 4.59. The molecule has 0 spiro atoms. The van der Waals surface area contributed by atoms with E-state index >= 15 is 0 Å². The summed E-state index contributed by atoms with van der Waals surface area (Å²) in [5.74, 6) is 3.36. The normalized spacial score (nSPS) is 20.7. The van der Waals surface area contributed by atoms with Gasteiger partial charge in [-0.25, -0.2) is 4.79 Å². The van der Waals surface area contributed by atoms with Crippen molar-refractivity contribution < 1.29 is 14.6 Å². The average molecular weight is 359 g/mol. The van der Waals surface area contributed by atoms with Crippen LogP contribution in [0.2, 0.25) is 19.6 Å². The molecular weight excluding hydrogens is 328 g/mol. The molecule has 0 amide bonds. The van der Waals surface area contributed by atoms with Gasteiger partial charge < -0.3 is 9.84 Å². The van der Waals surface area contributed by atoms with Gasteiger partial charge in [0.05, 0.1) is 11.1 Å². The van der Waals surface area contributed by atoms with Gasteiger partial charge in [-0.3, -0.25) is 0 Å². The second kappa shape index (κ2) is 6.21. The van der Waals surface area contributed by atoms with E-state index in [-0.39, 0.29) is 22.5 Å². The van der Waals surface area contributed by atoms with E-state index in [1.54, 1.807) is 12.1 Å². The summed E-state index contributed by atoms with van der Waals surface area (Å²) in [4.78, 5) is 11.6. The quantitative estimate of drug-likeness (QED) is 0.592. The van der Waals surface area contributed by atoms with E-state index in [1.807, 2.05) is 0 Å². The zero-order valence-electron chi connectivity index (χ0n) is 16.7. The van der Waals surface area contributed by atoms with Crippen LogP contribution in [-0.2, 0) is 5.41 Å². The van der Waals surface area contributed by atoms with Crippen LogP contribution in [0, 0.1) is 17.4 Å². The predicted octanol–water partition coefficient (Wildman–Crippen LogP) is 5.09. The van der Waals surface area contributed by atoms with Crippen LogP contribution < -0.4 is 4.74 Å². The molecule has 1 unspecified atom stereocenters. The minimum atomic E-state index is -1.59. The highest BCUT2D eigenvalue weighted by Crippen LogP contribution is 2.51. The van der Waals surface area contributed by atoms with Crippen molar-refractivity contribution in [1.29, 1.82) is 0 Å². The number of hydrogen-bond donors (Lipinski definition) is 1. The van der Waals surface area contributed by atoms with Gasteiger partial charge in [0.2, 0.25) is 0 Å². The van der Waals surface area contributed by atoms with Gasteiger partial charge in [-0.2, -0.15) is 0 Å². The summed E-state index contributed by atoms with van der Waals surface area (Å²) in [5.41, 5.74) is 4.78. The monoisotopic (exact) mass is 358 g/mol. The Balaban J connectivity index is 2.79. The van der Waals surface area contributed by atoms with E-state index < -0.39 is 14.0 Å². The molecule has 4 heteroatoms. The van der Waals surface area contributed by atoms with Crippen LogP contribution in [0.3, 0.4) is 0 Å². The Bertz CT molecular complexity index is 758. The maximum Gasteiger partial charge on any atom is 0.335 e. The molecule has 1 N–H and O–H groups in total. The van der Waals surface area contributed by atoms with Crippen LogP contribution >= 0.6 is 0 Å². The third-order valence-corrected chi connectivity index (χ3v) is 5.96. The van der Waals surface area contributed by atoms with Gasteiger partial charge >= 0.3 is 5.97 Å². The second-order valence-electron chi connectivity index (χ2n) is 9.09. The number of fused-ring (bicyclic) bond motifs is 1. The van der Waals surface area contributed by atoms with Gasteiger partial charge in [-0.1, -0.05) is 46.3 Å². The molecule has 1 aliphatic rings.